The van der Waals surface area contributed by atoms with Gasteiger partial charge in [-0.25, -0.2) is 0 Å². The van der Waals surface area contributed by atoms with Gasteiger partial charge in [0, 0.05) is 62.5 Å². The zero-order valence-electron chi connectivity index (χ0n) is 19.9. The van der Waals surface area contributed by atoms with Gasteiger partial charge in [-0.15, -0.1) is 45.3 Å². The molecule has 0 aliphatic rings. The van der Waals surface area contributed by atoms with Crippen molar-refractivity contribution >= 4 is 67.2 Å². The van der Waals surface area contributed by atoms with Gasteiger partial charge in [-0.05, 0) is 85.0 Å². The molecule has 176 valence electrons. The maximum absolute atomic E-state index is 2.41. The van der Waals surface area contributed by atoms with Crippen molar-refractivity contribution in [1.82, 2.24) is 4.57 Å². The van der Waals surface area contributed by atoms with E-state index in [2.05, 4.69) is 109 Å². The molecule has 5 aromatic heterocycles. The van der Waals surface area contributed by atoms with Crippen LogP contribution in [0.4, 0.5) is 0 Å². The third kappa shape index (κ3) is 3.61. The van der Waals surface area contributed by atoms with E-state index in [0.717, 1.165) is 6.54 Å². The van der Waals surface area contributed by atoms with E-state index in [4.69, 9.17) is 0 Å². The summed E-state index contributed by atoms with van der Waals surface area (Å²) in [6.45, 7) is 5.43. The molecule has 5 heterocycles. The van der Waals surface area contributed by atoms with Crippen molar-refractivity contribution in [2.45, 2.75) is 20.4 Å². The fourth-order valence-electron chi connectivity index (χ4n) is 5.03. The number of nitrogens with zero attached hydrogens (tertiary/aromatic N) is 1. The molecule has 0 radical (unpaired) electrons. The molecular weight excluding hydrogens is 515 g/mol. The fourth-order valence-corrected chi connectivity index (χ4v) is 9.30. The Morgan fingerprint density at radius 1 is 0.611 bits per heavy atom. The van der Waals surface area contributed by atoms with Crippen molar-refractivity contribution in [3.8, 4) is 39.7 Å². The third-order valence-corrected chi connectivity index (χ3v) is 11.6. The normalized spacial score (nSPS) is 11.7. The van der Waals surface area contributed by atoms with E-state index in [-0.39, 0.29) is 0 Å². The van der Waals surface area contributed by atoms with Gasteiger partial charge >= 0.3 is 0 Å². The maximum atomic E-state index is 2.41. The Hall–Kier alpha value is -2.96. The summed E-state index contributed by atoms with van der Waals surface area (Å²) >= 11 is 7.52. The lowest BCUT2D eigenvalue weighted by atomic mass is 10.1. The lowest BCUT2D eigenvalue weighted by Crippen LogP contribution is -1.92. The predicted octanol–water partition coefficient (Wildman–Crippen LogP) is 11.0. The first-order chi connectivity index (χ1) is 17.7. The summed E-state index contributed by atoms with van der Waals surface area (Å²) in [7, 11) is 0. The van der Waals surface area contributed by atoms with Crippen molar-refractivity contribution in [3.05, 3.63) is 95.9 Å². The van der Waals surface area contributed by atoms with E-state index < -0.39 is 0 Å². The molecule has 2 aromatic carbocycles. The van der Waals surface area contributed by atoms with E-state index in [1.165, 1.54) is 67.1 Å². The van der Waals surface area contributed by atoms with Gasteiger partial charge in [0.15, 0.2) is 0 Å². The molecule has 0 amide bonds. The first-order valence-corrected chi connectivity index (χ1v) is 15.4. The number of hydrogen-bond donors (Lipinski definition) is 0. The fraction of sp³-hybridized carbons (Fsp3) is 0.0968. The highest BCUT2D eigenvalue weighted by molar-refractivity contribution is 7.28. The van der Waals surface area contributed by atoms with E-state index in [1.807, 2.05) is 45.3 Å². The van der Waals surface area contributed by atoms with Crippen LogP contribution in [0.1, 0.15) is 12.5 Å². The van der Waals surface area contributed by atoms with Gasteiger partial charge in [0.05, 0.1) is 0 Å². The Kier molecular flexibility index (Phi) is 5.47. The molecule has 5 heteroatoms. The first-order valence-electron chi connectivity index (χ1n) is 12.1. The number of benzene rings is 2. The van der Waals surface area contributed by atoms with Crippen molar-refractivity contribution in [2.24, 2.45) is 0 Å². The molecule has 0 bridgehead atoms. The summed E-state index contributed by atoms with van der Waals surface area (Å²) < 4.78 is 2.41. The molecular formula is C31H23NS4. The van der Waals surface area contributed by atoms with Crippen LogP contribution in [0.25, 0.3) is 61.5 Å². The third-order valence-electron chi connectivity index (χ3n) is 6.73. The SMILES string of the molecule is CCn1c2ccccc2c2cc(-c3ccc(-c4ccc(-c5cc(C)c(-c6cccs6)s5)s4)s3)ccc21. The van der Waals surface area contributed by atoms with E-state index in [1.54, 1.807) is 0 Å². The van der Waals surface area contributed by atoms with Gasteiger partial charge in [0.25, 0.3) is 0 Å². The first kappa shape index (κ1) is 22.3. The number of aromatic nitrogens is 1. The summed E-state index contributed by atoms with van der Waals surface area (Å²) in [5, 5.41) is 4.84. The van der Waals surface area contributed by atoms with Crippen molar-refractivity contribution in [1.29, 1.82) is 0 Å². The second kappa shape index (κ2) is 8.86. The molecule has 0 fully saturated rings. The van der Waals surface area contributed by atoms with Gasteiger partial charge in [-0.2, -0.15) is 0 Å². The van der Waals surface area contributed by atoms with Crippen LogP contribution in [0.5, 0.6) is 0 Å². The largest absolute Gasteiger partial charge is 0.341 e. The molecule has 0 saturated carbocycles. The second-order valence-electron chi connectivity index (χ2n) is 8.92. The van der Waals surface area contributed by atoms with Gasteiger partial charge in [0.2, 0.25) is 0 Å². The van der Waals surface area contributed by atoms with Crippen molar-refractivity contribution < 1.29 is 0 Å². The zero-order chi connectivity index (χ0) is 24.2. The lowest BCUT2D eigenvalue weighted by Gasteiger charge is -2.03. The smallest absolute Gasteiger partial charge is 0.0491 e. The maximum Gasteiger partial charge on any atom is 0.0491 e. The number of aryl methyl sites for hydroxylation is 2. The Bertz CT molecular complexity index is 1840. The summed E-state index contributed by atoms with van der Waals surface area (Å²) in [4.78, 5) is 9.47. The van der Waals surface area contributed by atoms with Gasteiger partial charge < -0.3 is 4.57 Å². The number of fused-ring (bicyclic) bond motifs is 3. The molecule has 0 atom stereocenters. The Labute approximate surface area is 226 Å². The highest BCUT2D eigenvalue weighted by atomic mass is 32.1. The molecule has 0 saturated heterocycles. The number of hydrogen-bond acceptors (Lipinski definition) is 4. The van der Waals surface area contributed by atoms with Crippen LogP contribution in [0, 0.1) is 6.92 Å². The van der Waals surface area contributed by atoms with Crippen LogP contribution in [0.3, 0.4) is 0 Å². The lowest BCUT2D eigenvalue weighted by molar-refractivity contribution is 0.827. The Morgan fingerprint density at radius 3 is 2.11 bits per heavy atom. The van der Waals surface area contributed by atoms with Crippen LogP contribution in [0.2, 0.25) is 0 Å². The molecule has 0 unspecified atom stereocenters. The quantitative estimate of drug-likeness (QED) is 0.206. The van der Waals surface area contributed by atoms with Gasteiger partial charge in [-0.1, -0.05) is 30.3 Å². The van der Waals surface area contributed by atoms with Crippen LogP contribution in [0.15, 0.2) is 90.3 Å². The monoisotopic (exact) mass is 537 g/mol. The minimum absolute atomic E-state index is 0.978. The van der Waals surface area contributed by atoms with Gasteiger partial charge in [-0.3, -0.25) is 0 Å². The molecule has 7 aromatic rings. The Balaban J connectivity index is 1.23. The molecule has 7 rings (SSSR count). The van der Waals surface area contributed by atoms with Crippen LogP contribution in [-0.4, -0.2) is 4.57 Å². The Morgan fingerprint density at radius 2 is 1.33 bits per heavy atom. The molecule has 0 spiro atoms. The van der Waals surface area contributed by atoms with Crippen molar-refractivity contribution in [3.63, 3.8) is 0 Å². The second-order valence-corrected chi connectivity index (χ2v) is 13.1. The topological polar surface area (TPSA) is 4.93 Å². The van der Waals surface area contributed by atoms with Crippen LogP contribution in [-0.2, 0) is 6.54 Å². The van der Waals surface area contributed by atoms with E-state index in [9.17, 15) is 0 Å². The van der Waals surface area contributed by atoms with Gasteiger partial charge in [0.1, 0.15) is 0 Å². The summed E-state index contributed by atoms with van der Waals surface area (Å²) in [5.74, 6) is 0. The summed E-state index contributed by atoms with van der Waals surface area (Å²) in [6.07, 6.45) is 0. The minimum atomic E-state index is 0.978. The average Bonchev–Trinajstić information content (AvgIpc) is 3.72. The average molecular weight is 538 g/mol. The van der Waals surface area contributed by atoms with Crippen LogP contribution >= 0.6 is 45.3 Å². The number of thiophene rings is 4. The van der Waals surface area contributed by atoms with Crippen molar-refractivity contribution in [2.75, 3.05) is 0 Å². The molecule has 0 aliphatic heterocycles. The number of para-hydroxylation sites is 1. The standard InChI is InChI=1S/C31H23NS4/c1-3-32-23-8-5-4-7-21(23)22-18-20(10-11-24(22)32)25-12-13-26(34-25)27-14-15-28(35-27)30-17-19(2)31(36-30)29-9-6-16-33-29/h4-18H,3H2,1-2H3. The van der Waals surface area contributed by atoms with Crippen LogP contribution < -0.4 is 0 Å². The predicted molar refractivity (Wildman–Crippen MR) is 163 cm³/mol. The molecule has 0 N–H and O–H groups in total. The zero-order valence-corrected chi connectivity index (χ0v) is 23.2. The summed E-state index contributed by atoms with van der Waals surface area (Å²) in [5.41, 5.74) is 5.29. The highest BCUT2D eigenvalue weighted by Crippen LogP contribution is 2.45. The van der Waals surface area contributed by atoms with E-state index >= 15 is 0 Å². The summed E-state index contributed by atoms with van der Waals surface area (Å²) in [6, 6.07) is 31.5. The van der Waals surface area contributed by atoms with E-state index in [0.29, 0.717) is 0 Å². The minimum Gasteiger partial charge on any atom is -0.341 e. The molecule has 1 nitrogen and oxygen atoms in total. The highest BCUT2D eigenvalue weighted by Gasteiger charge is 2.15. The number of rotatable bonds is 5. The molecule has 36 heavy (non-hydrogen) atoms. The molecule has 0 aliphatic carbocycles.